The minimum Gasteiger partial charge on any atom is -0.492 e. The Balaban J connectivity index is 1.42. The molecule has 4 rings (SSSR count). The molecule has 36 heavy (non-hydrogen) atoms. The Morgan fingerprint density at radius 3 is 2.56 bits per heavy atom. The van der Waals surface area contributed by atoms with Crippen LogP contribution in [0.25, 0.3) is 11.0 Å². The summed E-state index contributed by atoms with van der Waals surface area (Å²) in [7, 11) is 1.51. The number of oxime groups is 1. The highest BCUT2D eigenvalue weighted by Crippen LogP contribution is 2.18. The van der Waals surface area contributed by atoms with Gasteiger partial charge in [-0.25, -0.2) is 9.78 Å². The number of benzene rings is 1. The molecule has 1 N–H and O–H groups in total. The van der Waals surface area contributed by atoms with Crippen LogP contribution in [0.4, 0.5) is 0 Å². The van der Waals surface area contributed by atoms with Crippen molar-refractivity contribution < 1.29 is 24.2 Å². The molecule has 0 aliphatic carbocycles. The Morgan fingerprint density at radius 2 is 1.86 bits per heavy atom. The van der Waals surface area contributed by atoms with Crippen LogP contribution in [0.3, 0.4) is 0 Å². The van der Waals surface area contributed by atoms with E-state index in [2.05, 4.69) is 10.1 Å². The number of aliphatic carboxylic acids is 1. The van der Waals surface area contributed by atoms with Crippen LogP contribution in [0, 0.1) is 0 Å². The molecule has 186 valence electrons. The Bertz CT molecular complexity index is 1320. The fourth-order valence-electron chi connectivity index (χ4n) is 3.84. The summed E-state index contributed by atoms with van der Waals surface area (Å²) >= 11 is 0. The van der Waals surface area contributed by atoms with Crippen molar-refractivity contribution in [1.29, 1.82) is 0 Å². The van der Waals surface area contributed by atoms with E-state index in [1.54, 1.807) is 19.3 Å². The summed E-state index contributed by atoms with van der Waals surface area (Å²) in [6, 6.07) is 17.1. The molecule has 3 aromatic heterocycles. The van der Waals surface area contributed by atoms with Crippen molar-refractivity contribution >= 4 is 22.7 Å². The molecule has 0 spiro atoms. The second-order valence-corrected chi connectivity index (χ2v) is 7.96. The molecule has 0 saturated carbocycles. The predicted molar refractivity (Wildman–Crippen MR) is 135 cm³/mol. The lowest BCUT2D eigenvalue weighted by Crippen LogP contribution is -2.26. The average Bonchev–Trinajstić information content (AvgIpc) is 3.30. The highest BCUT2D eigenvalue weighted by Gasteiger charge is 2.18. The summed E-state index contributed by atoms with van der Waals surface area (Å²) in [4.78, 5) is 25.3. The Hall–Kier alpha value is -4.24. The molecule has 3 heterocycles. The van der Waals surface area contributed by atoms with Crippen LogP contribution >= 0.6 is 0 Å². The van der Waals surface area contributed by atoms with E-state index in [4.69, 9.17) is 19.3 Å². The molecule has 0 amide bonds. The number of ether oxygens (including phenoxy) is 2. The van der Waals surface area contributed by atoms with Gasteiger partial charge in [-0.3, -0.25) is 4.98 Å². The van der Waals surface area contributed by atoms with E-state index in [0.717, 1.165) is 22.2 Å². The van der Waals surface area contributed by atoms with Crippen LogP contribution < -0.4 is 4.74 Å². The number of aromatic nitrogens is 3. The van der Waals surface area contributed by atoms with Gasteiger partial charge in [0.2, 0.25) is 0 Å². The lowest BCUT2D eigenvalue weighted by molar-refractivity contribution is -0.149. The van der Waals surface area contributed by atoms with Crippen LogP contribution in [0.1, 0.15) is 23.7 Å². The normalized spacial score (nSPS) is 12.4. The summed E-state index contributed by atoms with van der Waals surface area (Å²) in [5.74, 6) is -0.256. The van der Waals surface area contributed by atoms with Gasteiger partial charge in [-0.05, 0) is 55.0 Å². The number of rotatable bonds is 12. The highest BCUT2D eigenvalue weighted by atomic mass is 16.6. The van der Waals surface area contributed by atoms with E-state index in [0.29, 0.717) is 43.3 Å². The van der Waals surface area contributed by atoms with Gasteiger partial charge in [-0.1, -0.05) is 17.3 Å². The maximum Gasteiger partial charge on any atom is 0.333 e. The van der Waals surface area contributed by atoms with Crippen molar-refractivity contribution in [2.75, 3.05) is 20.3 Å². The van der Waals surface area contributed by atoms with Crippen molar-refractivity contribution in [2.45, 2.75) is 26.0 Å². The molecule has 4 aromatic rings. The number of fused-ring (bicyclic) bond motifs is 1. The molecular weight excluding hydrogens is 460 g/mol. The van der Waals surface area contributed by atoms with E-state index in [9.17, 15) is 9.90 Å². The number of carboxylic acid groups (broad SMARTS) is 1. The van der Waals surface area contributed by atoms with E-state index < -0.39 is 12.1 Å². The molecule has 1 atom stereocenters. The van der Waals surface area contributed by atoms with Crippen molar-refractivity contribution in [3.63, 3.8) is 0 Å². The third kappa shape index (κ3) is 6.05. The van der Waals surface area contributed by atoms with E-state index >= 15 is 0 Å². The third-order valence-corrected chi connectivity index (χ3v) is 5.58. The molecule has 0 fully saturated rings. The van der Waals surface area contributed by atoms with Gasteiger partial charge in [0.05, 0.1) is 12.2 Å². The molecule has 0 aliphatic heterocycles. The predicted octanol–water partition coefficient (Wildman–Crippen LogP) is 3.94. The van der Waals surface area contributed by atoms with Crippen molar-refractivity contribution in [1.82, 2.24) is 14.5 Å². The van der Waals surface area contributed by atoms with Gasteiger partial charge < -0.3 is 24.0 Å². The van der Waals surface area contributed by atoms with Gasteiger partial charge in [-0.2, -0.15) is 0 Å². The summed E-state index contributed by atoms with van der Waals surface area (Å²) in [6.07, 6.45) is 4.84. The summed E-state index contributed by atoms with van der Waals surface area (Å²) < 4.78 is 13.2. The van der Waals surface area contributed by atoms with Gasteiger partial charge >= 0.3 is 5.97 Å². The molecule has 0 aliphatic rings. The van der Waals surface area contributed by atoms with Gasteiger partial charge in [0, 0.05) is 42.6 Å². The quantitative estimate of drug-likeness (QED) is 0.238. The van der Waals surface area contributed by atoms with Crippen LogP contribution in [0.15, 0.2) is 78.3 Å². The monoisotopic (exact) mass is 488 g/mol. The Kier molecular flexibility index (Phi) is 8.25. The fourth-order valence-corrected chi connectivity index (χ4v) is 3.84. The van der Waals surface area contributed by atoms with Crippen LogP contribution in [-0.2, 0) is 27.3 Å². The van der Waals surface area contributed by atoms with E-state index in [1.807, 2.05) is 65.4 Å². The van der Waals surface area contributed by atoms with Crippen molar-refractivity contribution in [3.8, 4) is 5.75 Å². The van der Waals surface area contributed by atoms with Crippen molar-refractivity contribution in [2.24, 2.45) is 5.16 Å². The van der Waals surface area contributed by atoms with Gasteiger partial charge in [0.1, 0.15) is 30.8 Å². The zero-order chi connectivity index (χ0) is 25.3. The highest BCUT2D eigenvalue weighted by molar-refractivity contribution is 6.12. The zero-order valence-corrected chi connectivity index (χ0v) is 20.2. The topological polar surface area (TPSA) is 108 Å². The number of hydrogen-bond acceptors (Lipinski definition) is 7. The minimum absolute atomic E-state index is 0.306. The first kappa shape index (κ1) is 24.9. The van der Waals surface area contributed by atoms with E-state index in [-0.39, 0.29) is 0 Å². The number of nitrogens with zero attached hydrogens (tertiary/aromatic N) is 4. The maximum absolute atomic E-state index is 11.3. The molecular formula is C27H28N4O5. The maximum atomic E-state index is 11.3. The Morgan fingerprint density at radius 1 is 1.08 bits per heavy atom. The number of hydrogen-bond donors (Lipinski definition) is 1. The Labute approximate surface area is 209 Å². The van der Waals surface area contributed by atoms with Gasteiger partial charge in [0.25, 0.3) is 0 Å². The number of carboxylic acids is 1. The van der Waals surface area contributed by atoms with Gasteiger partial charge in [0.15, 0.2) is 6.10 Å². The molecule has 0 radical (unpaired) electrons. The molecule has 9 nitrogen and oxygen atoms in total. The molecule has 9 heteroatoms. The van der Waals surface area contributed by atoms with Crippen molar-refractivity contribution in [3.05, 3.63) is 90.0 Å². The van der Waals surface area contributed by atoms with Crippen LogP contribution in [0.5, 0.6) is 5.75 Å². The SMILES string of the molecule is CCOC(Cc1ccc(OCCn2ccc3ccc(/C(=N/OC)c4ccncc4)nc32)cc1)C(=O)O. The van der Waals surface area contributed by atoms with Gasteiger partial charge in [-0.15, -0.1) is 0 Å². The smallest absolute Gasteiger partial charge is 0.333 e. The summed E-state index contributed by atoms with van der Waals surface area (Å²) in [6.45, 7) is 3.17. The third-order valence-electron chi connectivity index (χ3n) is 5.58. The second kappa shape index (κ2) is 11.9. The lowest BCUT2D eigenvalue weighted by atomic mass is 10.1. The standard InChI is InChI=1S/C27H28N4O5/c1-3-35-24(27(32)33)18-19-4-7-22(8-5-19)36-17-16-31-15-12-21-6-9-23(29-26(21)31)25(30-34-2)20-10-13-28-14-11-20/h4-15,24H,3,16-18H2,1-2H3,(H,32,33)/b30-25+. The molecule has 1 aromatic carbocycles. The minimum atomic E-state index is -0.964. The largest absolute Gasteiger partial charge is 0.492 e. The first-order chi connectivity index (χ1) is 17.6. The molecule has 0 bridgehead atoms. The molecule has 1 unspecified atom stereocenters. The fraction of sp³-hybridized carbons (Fsp3) is 0.259. The number of pyridine rings is 2. The molecule has 0 saturated heterocycles. The lowest BCUT2D eigenvalue weighted by Gasteiger charge is -2.13. The first-order valence-electron chi connectivity index (χ1n) is 11.6. The summed E-state index contributed by atoms with van der Waals surface area (Å²) in [5.41, 5.74) is 3.87. The van der Waals surface area contributed by atoms with Crippen LogP contribution in [0.2, 0.25) is 0 Å². The number of carbonyl (C=O) groups is 1. The average molecular weight is 489 g/mol. The van der Waals surface area contributed by atoms with Crippen LogP contribution in [-0.4, -0.2) is 57.8 Å². The first-order valence-corrected chi connectivity index (χ1v) is 11.6. The zero-order valence-electron chi connectivity index (χ0n) is 20.2. The van der Waals surface area contributed by atoms with E-state index in [1.165, 1.54) is 7.11 Å². The summed E-state index contributed by atoms with van der Waals surface area (Å²) in [5, 5.41) is 14.5. The second-order valence-electron chi connectivity index (χ2n) is 7.96.